The van der Waals surface area contributed by atoms with E-state index in [-0.39, 0.29) is 35.2 Å². The molecule has 1 aromatic rings. The van der Waals surface area contributed by atoms with Gasteiger partial charge in [-0.3, -0.25) is 0 Å². The molecule has 0 saturated carbocycles. The third-order valence-electron chi connectivity index (χ3n) is 5.01. The Morgan fingerprint density at radius 2 is 1.34 bits per heavy atom. The summed E-state index contributed by atoms with van der Waals surface area (Å²) in [5, 5.41) is 38.8. The van der Waals surface area contributed by atoms with E-state index in [1.807, 2.05) is 53.7 Å². The third kappa shape index (κ3) is 6.29. The Bertz CT molecular complexity index is 689. The fourth-order valence-corrected chi connectivity index (χ4v) is 2.87. The molecule has 0 spiro atoms. The summed E-state index contributed by atoms with van der Waals surface area (Å²) in [5.41, 5.74) is 0.765. The molecular formula is C23H36O6. The minimum absolute atomic E-state index is 0.207. The van der Waals surface area contributed by atoms with Gasteiger partial charge in [-0.15, -0.1) is 0 Å². The first kappa shape index (κ1) is 25.1. The predicted molar refractivity (Wildman–Crippen MR) is 113 cm³/mol. The molecule has 0 bridgehead atoms. The first-order valence-corrected chi connectivity index (χ1v) is 9.75. The molecule has 1 rings (SSSR count). The highest BCUT2D eigenvalue weighted by molar-refractivity contribution is 5.88. The van der Waals surface area contributed by atoms with Gasteiger partial charge in [-0.05, 0) is 27.5 Å². The van der Waals surface area contributed by atoms with Crippen LogP contribution in [0.5, 0.6) is 5.75 Å². The second kappa shape index (κ2) is 9.28. The van der Waals surface area contributed by atoms with Crippen LogP contribution in [0, 0.1) is 5.41 Å². The molecule has 0 aromatic heterocycles. The molecule has 1 aromatic carbocycles. The molecule has 0 saturated heterocycles. The molecule has 4 N–H and O–H groups in total. The summed E-state index contributed by atoms with van der Waals surface area (Å²) in [5.74, 6) is -0.395. The highest BCUT2D eigenvalue weighted by Gasteiger charge is 2.31. The zero-order valence-electron chi connectivity index (χ0n) is 18.5. The molecule has 0 amide bonds. The van der Waals surface area contributed by atoms with Crippen molar-refractivity contribution in [2.24, 2.45) is 5.41 Å². The number of aliphatic hydroxyl groups excluding tert-OH is 3. The predicted octanol–water partition coefficient (Wildman–Crippen LogP) is 2.59. The van der Waals surface area contributed by atoms with Crippen molar-refractivity contribution in [1.29, 1.82) is 0 Å². The van der Waals surface area contributed by atoms with Crippen molar-refractivity contribution in [3.8, 4) is 5.75 Å². The topological polar surface area (TPSA) is 107 Å². The summed E-state index contributed by atoms with van der Waals surface area (Å²) in [6.45, 7) is 14.0. The number of carbonyl (C=O) groups is 1. The van der Waals surface area contributed by atoms with E-state index in [2.05, 4.69) is 6.58 Å². The second-order valence-electron chi connectivity index (χ2n) is 9.87. The zero-order valence-corrected chi connectivity index (χ0v) is 18.5. The number of aromatic hydroxyl groups is 1. The van der Waals surface area contributed by atoms with E-state index < -0.39 is 31.2 Å². The monoisotopic (exact) mass is 408 g/mol. The summed E-state index contributed by atoms with van der Waals surface area (Å²) in [6, 6.07) is 3.75. The number of esters is 1. The molecule has 164 valence electrons. The maximum absolute atomic E-state index is 12.4. The minimum Gasteiger partial charge on any atom is -0.507 e. The lowest BCUT2D eigenvalue weighted by atomic mass is 9.78. The smallest absolute Gasteiger partial charge is 0.333 e. The van der Waals surface area contributed by atoms with Gasteiger partial charge >= 0.3 is 5.97 Å². The van der Waals surface area contributed by atoms with Gasteiger partial charge in [0.25, 0.3) is 0 Å². The first-order valence-electron chi connectivity index (χ1n) is 9.75. The Kier molecular flexibility index (Phi) is 8.05. The number of hydrogen-bond donors (Lipinski definition) is 4. The Hall–Kier alpha value is -1.89. The van der Waals surface area contributed by atoms with Gasteiger partial charge in [0, 0.05) is 12.0 Å². The lowest BCUT2D eigenvalue weighted by molar-refractivity contribution is -0.146. The maximum Gasteiger partial charge on any atom is 0.333 e. The third-order valence-corrected chi connectivity index (χ3v) is 5.01. The summed E-state index contributed by atoms with van der Waals surface area (Å²) < 4.78 is 5.17. The van der Waals surface area contributed by atoms with Crippen molar-refractivity contribution in [1.82, 2.24) is 0 Å². The molecule has 0 aliphatic heterocycles. The number of ether oxygens (including phenoxy) is 1. The molecule has 0 aliphatic carbocycles. The fourth-order valence-electron chi connectivity index (χ4n) is 2.87. The molecule has 6 nitrogen and oxygen atoms in total. The van der Waals surface area contributed by atoms with Gasteiger partial charge in [-0.25, -0.2) is 4.79 Å². The summed E-state index contributed by atoms with van der Waals surface area (Å²) in [6.07, 6.45) is 0.232. The molecule has 6 heteroatoms. The van der Waals surface area contributed by atoms with Crippen LogP contribution in [-0.4, -0.2) is 52.8 Å². The van der Waals surface area contributed by atoms with Gasteiger partial charge in [-0.1, -0.05) is 60.3 Å². The number of phenols is 1. The molecule has 0 radical (unpaired) electrons. The van der Waals surface area contributed by atoms with Crippen LogP contribution in [0.1, 0.15) is 58.2 Å². The van der Waals surface area contributed by atoms with E-state index in [0.29, 0.717) is 0 Å². The molecule has 0 fully saturated rings. The molecule has 0 heterocycles. The van der Waals surface area contributed by atoms with E-state index >= 15 is 0 Å². The normalized spacial score (nSPS) is 12.7. The lowest BCUT2D eigenvalue weighted by Crippen LogP contribution is -2.39. The molecule has 0 atom stereocenters. The van der Waals surface area contributed by atoms with Gasteiger partial charge in [0.15, 0.2) is 0 Å². The van der Waals surface area contributed by atoms with Crippen LogP contribution in [-0.2, 0) is 26.8 Å². The number of phenolic OH excluding ortho intramolecular Hbond substituents is 1. The summed E-state index contributed by atoms with van der Waals surface area (Å²) in [7, 11) is 0. The van der Waals surface area contributed by atoms with Crippen molar-refractivity contribution >= 4 is 5.97 Å². The standard InChI is InChI=1S/C23H36O6/c1-15(20(28)29-14-23(11-24,12-25)13-26)8-16-9-17(21(2,3)4)19(27)18(10-16)22(5,6)7/h9-10,24-27H,1,8,11-14H2,2-7H3. The average Bonchev–Trinajstić information content (AvgIpc) is 2.62. The van der Waals surface area contributed by atoms with Crippen LogP contribution in [0.2, 0.25) is 0 Å². The Morgan fingerprint density at radius 3 is 1.69 bits per heavy atom. The molecular weight excluding hydrogens is 372 g/mol. The van der Waals surface area contributed by atoms with Crippen LogP contribution in [0.4, 0.5) is 0 Å². The fraction of sp³-hybridized carbons (Fsp3) is 0.609. The van der Waals surface area contributed by atoms with Crippen molar-refractivity contribution < 1.29 is 30.0 Å². The number of hydrogen-bond acceptors (Lipinski definition) is 6. The van der Waals surface area contributed by atoms with Gasteiger partial charge in [0.05, 0.1) is 25.2 Å². The maximum atomic E-state index is 12.4. The van der Waals surface area contributed by atoms with Crippen LogP contribution in [0.3, 0.4) is 0 Å². The quantitative estimate of drug-likeness (QED) is 0.389. The van der Waals surface area contributed by atoms with E-state index in [0.717, 1.165) is 16.7 Å². The average molecular weight is 409 g/mol. The van der Waals surface area contributed by atoms with Gasteiger partial charge in [0.1, 0.15) is 12.4 Å². The van der Waals surface area contributed by atoms with E-state index in [4.69, 9.17) is 4.74 Å². The van der Waals surface area contributed by atoms with Gasteiger partial charge in [-0.2, -0.15) is 0 Å². The van der Waals surface area contributed by atoms with Crippen molar-refractivity contribution in [3.63, 3.8) is 0 Å². The van der Waals surface area contributed by atoms with E-state index in [1.165, 1.54) is 0 Å². The number of rotatable bonds is 8. The number of benzene rings is 1. The summed E-state index contributed by atoms with van der Waals surface area (Å²) >= 11 is 0. The highest BCUT2D eigenvalue weighted by Crippen LogP contribution is 2.40. The van der Waals surface area contributed by atoms with Crippen LogP contribution >= 0.6 is 0 Å². The van der Waals surface area contributed by atoms with E-state index in [1.54, 1.807) is 0 Å². The highest BCUT2D eigenvalue weighted by atomic mass is 16.5. The van der Waals surface area contributed by atoms with Crippen LogP contribution in [0.15, 0.2) is 24.3 Å². The Labute approximate surface area is 173 Å². The largest absolute Gasteiger partial charge is 0.507 e. The van der Waals surface area contributed by atoms with Crippen LogP contribution in [0.25, 0.3) is 0 Å². The Morgan fingerprint density at radius 1 is 0.931 bits per heavy atom. The van der Waals surface area contributed by atoms with Gasteiger partial charge in [0.2, 0.25) is 0 Å². The SMILES string of the molecule is C=C(Cc1cc(C(C)(C)C)c(O)c(C(C)(C)C)c1)C(=O)OCC(CO)(CO)CO. The van der Waals surface area contributed by atoms with Gasteiger partial charge < -0.3 is 25.2 Å². The second-order valence-corrected chi connectivity index (χ2v) is 9.87. The molecule has 0 unspecified atom stereocenters. The number of aliphatic hydroxyl groups is 3. The Balaban J connectivity index is 3.11. The zero-order chi connectivity index (χ0) is 22.6. The summed E-state index contributed by atoms with van der Waals surface area (Å²) in [4.78, 5) is 12.4. The van der Waals surface area contributed by atoms with Crippen molar-refractivity contribution in [2.45, 2.75) is 58.8 Å². The first-order chi connectivity index (χ1) is 13.2. The lowest BCUT2D eigenvalue weighted by Gasteiger charge is -2.28. The minimum atomic E-state index is -1.28. The van der Waals surface area contributed by atoms with Crippen LogP contribution < -0.4 is 0 Å². The van der Waals surface area contributed by atoms with E-state index in [9.17, 15) is 25.2 Å². The van der Waals surface area contributed by atoms with Crippen molar-refractivity contribution in [2.75, 3.05) is 26.4 Å². The number of carbonyl (C=O) groups excluding carboxylic acids is 1. The molecule has 29 heavy (non-hydrogen) atoms. The molecule has 0 aliphatic rings. The van der Waals surface area contributed by atoms with Crippen molar-refractivity contribution in [3.05, 3.63) is 41.0 Å².